The highest BCUT2D eigenvalue weighted by atomic mass is 31.2. The molecule has 1 unspecified atom stereocenters. The molecule has 0 aliphatic rings. The lowest BCUT2D eigenvalue weighted by molar-refractivity contribution is 0.197. The second-order valence-electron chi connectivity index (χ2n) is 22.4. The van der Waals surface area contributed by atoms with E-state index in [1.165, 1.54) is 121 Å². The minimum atomic E-state index is -2.20. The summed E-state index contributed by atoms with van der Waals surface area (Å²) in [5.74, 6) is 59.0. The fourth-order valence-corrected chi connectivity index (χ4v) is 10.4. The molecule has 0 saturated carbocycles. The van der Waals surface area contributed by atoms with Gasteiger partial charge in [0.2, 0.25) is 0 Å². The molecule has 442 valence electrons. The maximum absolute atomic E-state index is 6.90. The van der Waals surface area contributed by atoms with Crippen LogP contribution >= 0.6 is 17.2 Å². The van der Waals surface area contributed by atoms with Gasteiger partial charge in [-0.25, -0.2) is 0 Å². The van der Waals surface area contributed by atoms with Crippen molar-refractivity contribution in [2.75, 3.05) is 13.2 Å². The van der Waals surface area contributed by atoms with Crippen molar-refractivity contribution in [1.29, 1.82) is 0 Å². The van der Waals surface area contributed by atoms with Gasteiger partial charge in [0.1, 0.15) is 23.7 Å². The molecule has 0 amide bonds. The zero-order valence-corrected chi connectivity index (χ0v) is 55.0. The number of hydrogen-bond acceptors (Lipinski definition) is 6. The van der Waals surface area contributed by atoms with Crippen molar-refractivity contribution in [2.24, 2.45) is 0 Å². The molecule has 2 rings (SSSR count). The highest BCUT2D eigenvalue weighted by molar-refractivity contribution is 7.42. The molecule has 0 fully saturated rings. The van der Waals surface area contributed by atoms with Crippen molar-refractivity contribution in [3.8, 4) is 154 Å². The lowest BCUT2D eigenvalue weighted by Gasteiger charge is -2.29. The first kappa shape index (κ1) is 73.2. The second-order valence-corrected chi connectivity index (χ2v) is 24.5. The molecule has 6 nitrogen and oxygen atoms in total. The number of benzene rings is 2. The maximum atomic E-state index is 6.90. The third kappa shape index (κ3) is 34.7. The third-order valence-corrected chi connectivity index (χ3v) is 15.2. The first-order valence-electron chi connectivity index (χ1n) is 30.4. The summed E-state index contributed by atoms with van der Waals surface area (Å²) in [6.07, 6.45) is 33.4. The van der Waals surface area contributed by atoms with Gasteiger partial charge in [-0.2, -0.15) is 0 Å². The fraction of sp³-hybridized carbons (Fsp3) is 0.526. The van der Waals surface area contributed by atoms with Gasteiger partial charge in [-0.3, -0.25) is 0 Å². The molecule has 0 bridgehead atoms. The van der Waals surface area contributed by atoms with Gasteiger partial charge < -0.3 is 27.1 Å². The van der Waals surface area contributed by atoms with E-state index in [9.17, 15) is 0 Å². The summed E-state index contributed by atoms with van der Waals surface area (Å²) >= 11 is 0. The standard InChI is InChI=1S/C76H92O6P2/c1-14-18-22-26-30-34-38-42-46-50-54-58-77-83(78-59-55-51-47-43-39-35-31-27-23-19-15-2)81-73-62-66(5)69(64-71(73)75(8,9)10)68(7)70-65-72(76(11,12)13)74(63-67(70)6)82-84(79-60-56-52-48-44-40-36-32-28-24-20-16-3)80-61-57-53-49-45-41-37-33-29-25-21-17-4/h62-65,68H,14-15,18-19,22-23,26-27,30-31,34-35,38-39,42-43,46-47,50-51,54-55,58-59H2,1-13H3. The molecule has 0 aromatic heterocycles. The van der Waals surface area contributed by atoms with Crippen molar-refractivity contribution < 1.29 is 27.1 Å². The van der Waals surface area contributed by atoms with E-state index < -0.39 is 17.2 Å². The minimum absolute atomic E-state index is 0.00377. The molecule has 0 N–H and O–H groups in total. The van der Waals surface area contributed by atoms with Gasteiger partial charge in [-0.05, 0) is 145 Å². The van der Waals surface area contributed by atoms with Gasteiger partial charge in [0.25, 0.3) is 0 Å². The number of unbranched alkanes of at least 4 members (excludes halogenated alkanes) is 20. The number of aryl methyl sites for hydroxylation is 2. The lowest BCUT2D eigenvalue weighted by atomic mass is 9.78. The zero-order chi connectivity index (χ0) is 61.4. The topological polar surface area (TPSA) is 55.4 Å². The molecule has 0 saturated heterocycles. The Hall–Kier alpha value is -6.86. The van der Waals surface area contributed by atoms with E-state index in [0.29, 0.717) is 19.0 Å². The molecule has 8 heteroatoms. The van der Waals surface area contributed by atoms with Crippen LogP contribution in [0.2, 0.25) is 0 Å². The van der Waals surface area contributed by atoms with Crippen LogP contribution in [0, 0.1) is 156 Å². The molecular weight excluding hydrogens is 1070 g/mol. The highest BCUT2D eigenvalue weighted by Crippen LogP contribution is 2.49. The first-order valence-corrected chi connectivity index (χ1v) is 32.6. The zero-order valence-electron chi connectivity index (χ0n) is 53.2. The molecular formula is C76H92O6P2. The highest BCUT2D eigenvalue weighted by Gasteiger charge is 2.30. The molecule has 0 aliphatic heterocycles. The Morgan fingerprint density at radius 1 is 0.369 bits per heavy atom. The predicted molar refractivity (Wildman–Crippen MR) is 354 cm³/mol. The Balaban J connectivity index is 2.46. The van der Waals surface area contributed by atoms with Gasteiger partial charge >= 0.3 is 17.2 Å². The van der Waals surface area contributed by atoms with E-state index in [1.54, 1.807) is 13.8 Å². The fourth-order valence-electron chi connectivity index (χ4n) is 8.73. The van der Waals surface area contributed by atoms with Gasteiger partial charge in [-0.15, -0.1) is 0 Å². The molecule has 0 heterocycles. The van der Waals surface area contributed by atoms with Crippen molar-refractivity contribution in [2.45, 2.75) is 248 Å². The number of rotatable bonds is 34. The molecule has 1 atom stereocenters. The third-order valence-electron chi connectivity index (χ3n) is 13.2. The van der Waals surface area contributed by atoms with Gasteiger partial charge in [-0.1, -0.05) is 215 Å². The van der Waals surface area contributed by atoms with Gasteiger partial charge in [0.15, 0.2) is 0 Å². The van der Waals surface area contributed by atoms with E-state index >= 15 is 0 Å². The summed E-state index contributed by atoms with van der Waals surface area (Å²) in [7, 11) is -3.81. The van der Waals surface area contributed by atoms with Crippen LogP contribution in [0.3, 0.4) is 0 Å². The van der Waals surface area contributed by atoms with Crippen LogP contribution in [0.1, 0.15) is 257 Å². The lowest BCUT2D eigenvalue weighted by Crippen LogP contribution is -2.16. The molecule has 2 aromatic rings. The quantitative estimate of drug-likeness (QED) is 0.0395. The Morgan fingerprint density at radius 3 is 0.940 bits per heavy atom. The molecule has 0 aliphatic carbocycles. The molecule has 0 spiro atoms. The predicted octanol–water partition coefficient (Wildman–Crippen LogP) is 18.9. The van der Waals surface area contributed by atoms with Crippen molar-refractivity contribution in [3.63, 3.8) is 0 Å². The SMILES string of the molecule is CC#CC#CC#CC#CC#CC#COP(OC#CC#CC#CC#CC#CC#CC)Oc1cc(C)c(C(C)c2cc(C(C)(C)C)c(OP(OCCCCCCCCCCCCC)OCCCCCCCCCCCCC)cc2C)cc1C(C)(C)C. The largest absolute Gasteiger partial charge is 0.548 e. The second kappa shape index (κ2) is 46.5. The Labute approximate surface area is 514 Å². The average Bonchev–Trinajstić information content (AvgIpc) is 1.99. The van der Waals surface area contributed by atoms with Crippen LogP contribution in [-0.2, 0) is 28.9 Å². The Morgan fingerprint density at radius 2 is 0.643 bits per heavy atom. The van der Waals surface area contributed by atoms with Gasteiger partial charge in [0.05, 0.1) is 13.2 Å². The smallest absolute Gasteiger partial charge is 0.426 e. The Kier molecular flexibility index (Phi) is 40.6. The summed E-state index contributed by atoms with van der Waals surface area (Å²) < 4.78 is 38.1. The normalized spacial score (nSPS) is 10.2. The number of hydrogen-bond donors (Lipinski definition) is 0. The molecule has 2 aromatic carbocycles. The van der Waals surface area contributed by atoms with Crippen molar-refractivity contribution >= 4 is 17.2 Å². The van der Waals surface area contributed by atoms with Crippen LogP contribution in [-0.4, -0.2) is 13.2 Å². The van der Waals surface area contributed by atoms with Crippen LogP contribution in [0.5, 0.6) is 11.5 Å². The first-order chi connectivity index (χ1) is 40.7. The van der Waals surface area contributed by atoms with E-state index in [2.05, 4.69) is 237 Å². The summed E-state index contributed by atoms with van der Waals surface area (Å²) in [6, 6.07) is 8.79. The van der Waals surface area contributed by atoms with E-state index in [1.807, 2.05) is 6.07 Å². The van der Waals surface area contributed by atoms with Crippen LogP contribution in [0.25, 0.3) is 0 Å². The molecule has 84 heavy (non-hydrogen) atoms. The van der Waals surface area contributed by atoms with Crippen LogP contribution < -0.4 is 9.05 Å². The van der Waals surface area contributed by atoms with Crippen LogP contribution in [0.15, 0.2) is 24.3 Å². The maximum Gasteiger partial charge on any atom is 0.548 e. The molecule has 0 radical (unpaired) electrons. The minimum Gasteiger partial charge on any atom is -0.426 e. The van der Waals surface area contributed by atoms with E-state index in [4.69, 9.17) is 27.1 Å². The van der Waals surface area contributed by atoms with Crippen LogP contribution in [0.4, 0.5) is 0 Å². The summed E-state index contributed by atoms with van der Waals surface area (Å²) in [6.45, 7) is 28.9. The van der Waals surface area contributed by atoms with E-state index in [-0.39, 0.29) is 16.7 Å². The summed E-state index contributed by atoms with van der Waals surface area (Å²) in [4.78, 5) is 0. The van der Waals surface area contributed by atoms with Crippen molar-refractivity contribution in [1.82, 2.24) is 0 Å². The Bertz CT molecular complexity index is 3000. The van der Waals surface area contributed by atoms with Gasteiger partial charge in [0, 0.05) is 76.2 Å². The van der Waals surface area contributed by atoms with Crippen molar-refractivity contribution in [3.05, 3.63) is 57.6 Å². The monoisotopic (exact) mass is 1160 g/mol. The summed E-state index contributed by atoms with van der Waals surface area (Å²) in [5, 5.41) is 0. The summed E-state index contributed by atoms with van der Waals surface area (Å²) in [5.41, 5.74) is 5.98. The van der Waals surface area contributed by atoms with E-state index in [0.717, 1.165) is 59.3 Å². The average molecular weight is 1160 g/mol.